The first-order valence-corrected chi connectivity index (χ1v) is 7.49. The molecule has 0 aliphatic carbocycles. The van der Waals surface area contributed by atoms with Crippen LogP contribution in [-0.4, -0.2) is 7.05 Å². The summed E-state index contributed by atoms with van der Waals surface area (Å²) in [6.07, 6.45) is 4.83. The maximum absolute atomic E-state index is 13.5. The van der Waals surface area contributed by atoms with Gasteiger partial charge >= 0.3 is 0 Å². The summed E-state index contributed by atoms with van der Waals surface area (Å²) in [6.45, 7) is 8.51. The third-order valence-electron chi connectivity index (χ3n) is 3.97. The van der Waals surface area contributed by atoms with E-state index >= 15 is 0 Å². The molecule has 1 aromatic rings. The topological polar surface area (TPSA) is 12.0 Å². The summed E-state index contributed by atoms with van der Waals surface area (Å²) in [4.78, 5) is 0. The highest BCUT2D eigenvalue weighted by Gasteiger charge is 2.23. The van der Waals surface area contributed by atoms with Crippen molar-refractivity contribution < 1.29 is 4.39 Å². The van der Waals surface area contributed by atoms with E-state index in [9.17, 15) is 4.39 Å². The van der Waals surface area contributed by atoms with Gasteiger partial charge in [0.2, 0.25) is 0 Å². The van der Waals surface area contributed by atoms with Crippen molar-refractivity contribution in [2.45, 2.75) is 59.4 Å². The molecule has 0 heterocycles. The predicted molar refractivity (Wildman–Crippen MR) is 81.0 cm³/mol. The van der Waals surface area contributed by atoms with Gasteiger partial charge in [-0.1, -0.05) is 26.7 Å². The van der Waals surface area contributed by atoms with E-state index in [0.717, 1.165) is 11.1 Å². The molecule has 1 rings (SSSR count). The average Bonchev–Trinajstić information content (AvgIpc) is 2.33. The van der Waals surface area contributed by atoms with Gasteiger partial charge in [0.15, 0.2) is 0 Å². The predicted octanol–water partition coefficient (Wildman–Crippen LogP) is 4.92. The first-order chi connectivity index (χ1) is 9.04. The van der Waals surface area contributed by atoms with E-state index in [1.165, 1.54) is 31.2 Å². The molecule has 0 aliphatic heterocycles. The zero-order valence-electron chi connectivity index (χ0n) is 13.0. The first-order valence-electron chi connectivity index (χ1n) is 7.49. The van der Waals surface area contributed by atoms with Crippen LogP contribution in [0.15, 0.2) is 12.1 Å². The number of hydrogen-bond donors (Lipinski definition) is 1. The molecule has 0 saturated carbocycles. The second kappa shape index (κ2) is 7.64. The smallest absolute Gasteiger partial charge is 0.123 e. The summed E-state index contributed by atoms with van der Waals surface area (Å²) >= 11 is 0. The Labute approximate surface area is 117 Å². The van der Waals surface area contributed by atoms with Gasteiger partial charge in [-0.25, -0.2) is 4.39 Å². The van der Waals surface area contributed by atoms with Gasteiger partial charge in [-0.2, -0.15) is 0 Å². The van der Waals surface area contributed by atoms with Gasteiger partial charge in [-0.3, -0.25) is 0 Å². The maximum atomic E-state index is 13.5. The van der Waals surface area contributed by atoms with Gasteiger partial charge in [0.05, 0.1) is 0 Å². The Kier molecular flexibility index (Phi) is 6.50. The molecule has 1 atom stereocenters. The molecule has 108 valence electrons. The third-order valence-corrected chi connectivity index (χ3v) is 3.97. The van der Waals surface area contributed by atoms with Crippen LogP contribution in [0, 0.1) is 25.6 Å². The third kappa shape index (κ3) is 4.04. The van der Waals surface area contributed by atoms with Crippen LogP contribution >= 0.6 is 0 Å². The molecule has 1 nitrogen and oxygen atoms in total. The van der Waals surface area contributed by atoms with Crippen molar-refractivity contribution in [3.8, 4) is 0 Å². The highest BCUT2D eigenvalue weighted by molar-refractivity contribution is 5.37. The van der Waals surface area contributed by atoms with E-state index in [1.54, 1.807) is 12.1 Å². The lowest BCUT2D eigenvalue weighted by Gasteiger charge is -2.29. The molecule has 19 heavy (non-hydrogen) atoms. The van der Waals surface area contributed by atoms with Gasteiger partial charge in [-0.05, 0) is 68.5 Å². The maximum Gasteiger partial charge on any atom is 0.123 e. The lowest BCUT2D eigenvalue weighted by molar-refractivity contribution is 0.329. The molecule has 0 aliphatic rings. The molecule has 1 N–H and O–H groups in total. The summed E-state index contributed by atoms with van der Waals surface area (Å²) in [5.74, 6) is 0.499. The second-order valence-corrected chi connectivity index (χ2v) is 5.56. The molecule has 0 aromatic heterocycles. The number of halogens is 1. The first kappa shape index (κ1) is 16.2. The molecular formula is C17H28FN. The van der Waals surface area contributed by atoms with Crippen molar-refractivity contribution in [2.75, 3.05) is 7.05 Å². The SMILES string of the molecule is CCCC(CCC)C(NC)c1c(C)cc(F)cc1C. The highest BCUT2D eigenvalue weighted by Crippen LogP contribution is 2.33. The van der Waals surface area contributed by atoms with Gasteiger partial charge in [0.25, 0.3) is 0 Å². The summed E-state index contributed by atoms with van der Waals surface area (Å²) in [7, 11) is 2.02. The lowest BCUT2D eigenvalue weighted by Crippen LogP contribution is -2.27. The molecule has 0 amide bonds. The van der Waals surface area contributed by atoms with Gasteiger partial charge in [0.1, 0.15) is 5.82 Å². The summed E-state index contributed by atoms with van der Waals surface area (Å²) in [6, 6.07) is 3.64. The Bertz CT molecular complexity index is 371. The van der Waals surface area contributed by atoms with Crippen LogP contribution in [0.5, 0.6) is 0 Å². The largest absolute Gasteiger partial charge is 0.313 e. The Hall–Kier alpha value is -0.890. The minimum atomic E-state index is -0.129. The fraction of sp³-hybridized carbons (Fsp3) is 0.647. The summed E-state index contributed by atoms with van der Waals surface area (Å²) in [5, 5.41) is 3.47. The summed E-state index contributed by atoms with van der Waals surface area (Å²) < 4.78 is 13.5. The van der Waals surface area contributed by atoms with E-state index in [4.69, 9.17) is 0 Å². The quantitative estimate of drug-likeness (QED) is 0.738. The van der Waals surface area contributed by atoms with Crippen molar-refractivity contribution in [1.29, 1.82) is 0 Å². The minimum Gasteiger partial charge on any atom is -0.313 e. The van der Waals surface area contributed by atoms with Gasteiger partial charge in [0, 0.05) is 6.04 Å². The van der Waals surface area contributed by atoms with Crippen LogP contribution < -0.4 is 5.32 Å². The van der Waals surface area contributed by atoms with Crippen molar-refractivity contribution in [1.82, 2.24) is 5.32 Å². The second-order valence-electron chi connectivity index (χ2n) is 5.56. The number of nitrogens with one attached hydrogen (secondary N) is 1. The Morgan fingerprint density at radius 1 is 1.05 bits per heavy atom. The number of aryl methyl sites for hydroxylation is 2. The molecule has 1 unspecified atom stereocenters. The Morgan fingerprint density at radius 3 is 1.89 bits per heavy atom. The fourth-order valence-electron chi connectivity index (χ4n) is 3.25. The van der Waals surface area contributed by atoms with Crippen LogP contribution in [0.4, 0.5) is 4.39 Å². The Balaban J connectivity index is 3.14. The standard InChI is InChI=1S/C17H28FN/c1-6-8-14(9-7-2)17(19-5)16-12(3)10-15(18)11-13(16)4/h10-11,14,17,19H,6-9H2,1-5H3. The van der Waals surface area contributed by atoms with E-state index in [-0.39, 0.29) is 5.82 Å². The van der Waals surface area contributed by atoms with E-state index in [2.05, 4.69) is 19.2 Å². The molecule has 1 aromatic carbocycles. The number of benzene rings is 1. The molecule has 0 spiro atoms. The molecule has 0 radical (unpaired) electrons. The van der Waals surface area contributed by atoms with Crippen LogP contribution in [0.25, 0.3) is 0 Å². The van der Waals surface area contributed by atoms with Crippen molar-refractivity contribution in [3.05, 3.63) is 34.6 Å². The number of rotatable bonds is 7. The molecule has 2 heteroatoms. The molecule has 0 bridgehead atoms. The van der Waals surface area contributed by atoms with Crippen LogP contribution in [0.3, 0.4) is 0 Å². The normalized spacial score (nSPS) is 13.0. The molecule has 0 saturated heterocycles. The van der Waals surface area contributed by atoms with Crippen molar-refractivity contribution >= 4 is 0 Å². The monoisotopic (exact) mass is 265 g/mol. The fourth-order valence-corrected chi connectivity index (χ4v) is 3.25. The van der Waals surface area contributed by atoms with Crippen LogP contribution in [-0.2, 0) is 0 Å². The number of hydrogen-bond acceptors (Lipinski definition) is 1. The van der Waals surface area contributed by atoms with E-state index in [0.29, 0.717) is 12.0 Å². The van der Waals surface area contributed by atoms with Gasteiger partial charge < -0.3 is 5.32 Å². The molecule has 0 fully saturated rings. The zero-order valence-corrected chi connectivity index (χ0v) is 13.0. The molecular weight excluding hydrogens is 237 g/mol. The van der Waals surface area contributed by atoms with Crippen LogP contribution in [0.1, 0.15) is 62.3 Å². The average molecular weight is 265 g/mol. The zero-order chi connectivity index (χ0) is 14.4. The highest BCUT2D eigenvalue weighted by atomic mass is 19.1. The van der Waals surface area contributed by atoms with Gasteiger partial charge in [-0.15, -0.1) is 0 Å². The van der Waals surface area contributed by atoms with E-state index < -0.39 is 0 Å². The van der Waals surface area contributed by atoms with Crippen LogP contribution in [0.2, 0.25) is 0 Å². The summed E-state index contributed by atoms with van der Waals surface area (Å²) in [5.41, 5.74) is 3.42. The van der Waals surface area contributed by atoms with Crippen molar-refractivity contribution in [3.63, 3.8) is 0 Å². The minimum absolute atomic E-state index is 0.129. The lowest BCUT2D eigenvalue weighted by atomic mass is 9.82. The van der Waals surface area contributed by atoms with E-state index in [1.807, 2.05) is 20.9 Å². The Morgan fingerprint density at radius 2 is 1.53 bits per heavy atom. The van der Waals surface area contributed by atoms with Crippen molar-refractivity contribution in [2.24, 2.45) is 5.92 Å².